The van der Waals surface area contributed by atoms with Crippen LogP contribution >= 0.6 is 0 Å². The molecule has 0 amide bonds. The van der Waals surface area contributed by atoms with Crippen molar-refractivity contribution in [1.82, 2.24) is 0 Å². The molecular weight excluding hydrogens is 266 g/mol. The number of hydrogen-bond acceptors (Lipinski definition) is 4. The number of carbonyl (C=O) groups is 1. The number of rotatable bonds is 6. The Morgan fingerprint density at radius 2 is 1.71 bits per heavy atom. The largest absolute Gasteiger partial charge is 0.490 e. The molecule has 0 radical (unpaired) electrons. The van der Waals surface area contributed by atoms with Gasteiger partial charge in [0.2, 0.25) is 0 Å². The molecule has 0 atom stereocenters. The lowest BCUT2D eigenvalue weighted by Gasteiger charge is -2.05. The first-order valence-electron chi connectivity index (χ1n) is 6.62. The molecule has 0 fully saturated rings. The first kappa shape index (κ1) is 14.7. The van der Waals surface area contributed by atoms with Crippen LogP contribution in [0.4, 0.5) is 5.69 Å². The Labute approximate surface area is 123 Å². The van der Waals surface area contributed by atoms with Crippen LogP contribution < -0.4 is 10.5 Å². The van der Waals surface area contributed by atoms with Crippen molar-refractivity contribution >= 4 is 17.7 Å². The van der Waals surface area contributed by atoms with Crippen molar-refractivity contribution in [2.24, 2.45) is 0 Å². The summed E-state index contributed by atoms with van der Waals surface area (Å²) in [4.78, 5) is 11.5. The smallest absolute Gasteiger partial charge is 0.330 e. The summed E-state index contributed by atoms with van der Waals surface area (Å²) < 4.78 is 10.5. The Kier molecular flexibility index (Phi) is 5.41. The lowest BCUT2D eigenvalue weighted by molar-refractivity contribution is -0.138. The summed E-state index contributed by atoms with van der Waals surface area (Å²) in [6.07, 6.45) is 3.06. The third-order valence-electron chi connectivity index (χ3n) is 2.69. The van der Waals surface area contributed by atoms with Gasteiger partial charge < -0.3 is 15.2 Å². The van der Waals surface area contributed by atoms with Crippen LogP contribution in [0.3, 0.4) is 0 Å². The van der Waals surface area contributed by atoms with Gasteiger partial charge in [0, 0.05) is 11.8 Å². The minimum Gasteiger partial charge on any atom is -0.490 e. The third kappa shape index (κ3) is 5.40. The van der Waals surface area contributed by atoms with Crippen LogP contribution in [0.1, 0.15) is 5.56 Å². The van der Waals surface area contributed by atoms with E-state index in [1.165, 1.54) is 6.08 Å². The molecule has 0 aromatic heterocycles. The van der Waals surface area contributed by atoms with Crippen molar-refractivity contribution in [3.63, 3.8) is 0 Å². The molecule has 0 saturated carbocycles. The Balaban J connectivity index is 1.69. The van der Waals surface area contributed by atoms with Gasteiger partial charge in [-0.05, 0) is 35.9 Å². The van der Waals surface area contributed by atoms with Gasteiger partial charge in [0.15, 0.2) is 0 Å². The quantitative estimate of drug-likeness (QED) is 0.383. The van der Waals surface area contributed by atoms with Gasteiger partial charge in [-0.15, -0.1) is 0 Å². The van der Waals surface area contributed by atoms with E-state index in [1.54, 1.807) is 18.2 Å². The van der Waals surface area contributed by atoms with Crippen LogP contribution in [0.25, 0.3) is 6.08 Å². The summed E-state index contributed by atoms with van der Waals surface area (Å²) in [5.74, 6) is 0.356. The van der Waals surface area contributed by atoms with Crippen molar-refractivity contribution < 1.29 is 14.3 Å². The van der Waals surface area contributed by atoms with Crippen LogP contribution in [0.5, 0.6) is 5.75 Å². The molecule has 2 aromatic carbocycles. The van der Waals surface area contributed by atoms with Crippen LogP contribution in [-0.2, 0) is 9.53 Å². The van der Waals surface area contributed by atoms with E-state index < -0.39 is 5.97 Å². The minimum atomic E-state index is -0.400. The standard InChI is InChI=1S/C17H17NO3/c18-15-9-6-14(7-10-15)8-11-17(19)21-13-12-20-16-4-2-1-3-5-16/h1-11H,12-13,18H2/b11-8+. The monoisotopic (exact) mass is 283 g/mol. The number of benzene rings is 2. The van der Waals surface area contributed by atoms with Crippen LogP contribution in [0.15, 0.2) is 60.7 Å². The summed E-state index contributed by atoms with van der Waals surface area (Å²) >= 11 is 0. The highest BCUT2D eigenvalue weighted by atomic mass is 16.6. The highest BCUT2D eigenvalue weighted by Crippen LogP contribution is 2.08. The second-order valence-electron chi connectivity index (χ2n) is 4.33. The summed E-state index contributed by atoms with van der Waals surface area (Å²) in [7, 11) is 0. The van der Waals surface area contributed by atoms with E-state index in [2.05, 4.69) is 0 Å². The summed E-state index contributed by atoms with van der Waals surface area (Å²) in [5, 5.41) is 0. The molecule has 0 unspecified atom stereocenters. The zero-order valence-electron chi connectivity index (χ0n) is 11.6. The van der Waals surface area contributed by atoms with Gasteiger partial charge in [-0.25, -0.2) is 4.79 Å². The maximum atomic E-state index is 11.5. The van der Waals surface area contributed by atoms with E-state index in [-0.39, 0.29) is 6.61 Å². The third-order valence-corrected chi connectivity index (χ3v) is 2.69. The predicted octanol–water partition coefficient (Wildman–Crippen LogP) is 2.90. The number of anilines is 1. The zero-order valence-corrected chi connectivity index (χ0v) is 11.6. The van der Waals surface area contributed by atoms with Gasteiger partial charge >= 0.3 is 5.97 Å². The second-order valence-corrected chi connectivity index (χ2v) is 4.33. The molecule has 2 N–H and O–H groups in total. The number of nitrogen functional groups attached to an aromatic ring is 1. The molecule has 0 bridgehead atoms. The van der Waals surface area contributed by atoms with Gasteiger partial charge in [-0.1, -0.05) is 30.3 Å². The van der Waals surface area contributed by atoms with E-state index in [0.29, 0.717) is 12.3 Å². The molecule has 2 aromatic rings. The number of hydrogen-bond donors (Lipinski definition) is 1. The Morgan fingerprint density at radius 1 is 1.00 bits per heavy atom. The first-order chi connectivity index (χ1) is 10.2. The highest BCUT2D eigenvalue weighted by Gasteiger charge is 1.98. The number of esters is 1. The van der Waals surface area contributed by atoms with E-state index >= 15 is 0 Å². The molecule has 0 aliphatic rings. The van der Waals surface area contributed by atoms with E-state index in [4.69, 9.17) is 15.2 Å². The normalized spacial score (nSPS) is 10.5. The molecule has 108 valence electrons. The highest BCUT2D eigenvalue weighted by molar-refractivity contribution is 5.87. The fourth-order valence-corrected chi connectivity index (χ4v) is 1.64. The van der Waals surface area contributed by atoms with Gasteiger partial charge in [-0.3, -0.25) is 0 Å². The predicted molar refractivity (Wildman–Crippen MR) is 82.8 cm³/mol. The Hall–Kier alpha value is -2.75. The number of ether oxygens (including phenoxy) is 2. The minimum absolute atomic E-state index is 0.208. The van der Waals surface area contributed by atoms with E-state index in [9.17, 15) is 4.79 Å². The fraction of sp³-hybridized carbons (Fsp3) is 0.118. The van der Waals surface area contributed by atoms with E-state index in [0.717, 1.165) is 11.3 Å². The molecule has 2 rings (SSSR count). The van der Waals surface area contributed by atoms with E-state index in [1.807, 2.05) is 42.5 Å². The maximum Gasteiger partial charge on any atom is 0.330 e. The molecule has 0 spiro atoms. The topological polar surface area (TPSA) is 61.6 Å². The molecule has 21 heavy (non-hydrogen) atoms. The molecule has 0 aliphatic carbocycles. The van der Waals surface area contributed by atoms with Crippen LogP contribution in [0.2, 0.25) is 0 Å². The zero-order chi connectivity index (χ0) is 14.9. The summed E-state index contributed by atoms with van der Waals surface area (Å²) in [6.45, 7) is 0.533. The average molecular weight is 283 g/mol. The average Bonchev–Trinajstić information content (AvgIpc) is 2.52. The fourth-order valence-electron chi connectivity index (χ4n) is 1.64. The lowest BCUT2D eigenvalue weighted by Crippen LogP contribution is -2.10. The molecular formula is C17H17NO3. The molecule has 0 aliphatic heterocycles. The van der Waals surface area contributed by atoms with Crippen molar-refractivity contribution in [2.75, 3.05) is 18.9 Å². The van der Waals surface area contributed by atoms with Crippen molar-refractivity contribution in [1.29, 1.82) is 0 Å². The van der Waals surface area contributed by atoms with Crippen LogP contribution in [0, 0.1) is 0 Å². The van der Waals surface area contributed by atoms with Crippen LogP contribution in [-0.4, -0.2) is 19.2 Å². The summed E-state index contributed by atoms with van der Waals surface area (Å²) in [6, 6.07) is 16.6. The van der Waals surface area contributed by atoms with Crippen molar-refractivity contribution in [3.8, 4) is 5.75 Å². The Morgan fingerprint density at radius 3 is 2.43 bits per heavy atom. The number of carbonyl (C=O) groups excluding carboxylic acids is 1. The second kappa shape index (κ2) is 7.75. The maximum absolute atomic E-state index is 11.5. The molecule has 4 nitrogen and oxygen atoms in total. The van der Waals surface area contributed by atoms with Gasteiger partial charge in [0.05, 0.1) is 0 Å². The van der Waals surface area contributed by atoms with Gasteiger partial charge in [0.25, 0.3) is 0 Å². The van der Waals surface area contributed by atoms with Gasteiger partial charge in [0.1, 0.15) is 19.0 Å². The first-order valence-corrected chi connectivity index (χ1v) is 6.62. The number of nitrogens with two attached hydrogens (primary N) is 1. The number of para-hydroxylation sites is 1. The Bertz CT molecular complexity index is 591. The van der Waals surface area contributed by atoms with Crippen molar-refractivity contribution in [3.05, 3.63) is 66.2 Å². The summed E-state index contributed by atoms with van der Waals surface area (Å²) in [5.41, 5.74) is 7.16. The van der Waals surface area contributed by atoms with Gasteiger partial charge in [-0.2, -0.15) is 0 Å². The molecule has 0 heterocycles. The lowest BCUT2D eigenvalue weighted by atomic mass is 10.2. The molecule has 4 heteroatoms. The van der Waals surface area contributed by atoms with Crippen molar-refractivity contribution in [2.45, 2.75) is 0 Å². The molecule has 0 saturated heterocycles. The SMILES string of the molecule is Nc1ccc(/C=C/C(=O)OCCOc2ccccc2)cc1.